The Morgan fingerprint density at radius 1 is 0.960 bits per heavy atom. The maximum absolute atomic E-state index is 12.4. The van der Waals surface area contributed by atoms with Gasteiger partial charge in [-0.15, -0.1) is 0 Å². The van der Waals surface area contributed by atoms with Crippen LogP contribution in [0.3, 0.4) is 0 Å². The Morgan fingerprint density at radius 3 is 2.00 bits per heavy atom. The Kier molecular flexibility index (Phi) is 6.50. The SMILES string of the molecule is COc1cccc(OC)c1C(=O)NCC(=O)Nc1c(Cl)cccc1Cl. The van der Waals surface area contributed by atoms with Gasteiger partial charge >= 0.3 is 0 Å². The minimum Gasteiger partial charge on any atom is -0.496 e. The molecule has 0 bridgehead atoms. The van der Waals surface area contributed by atoms with E-state index in [1.54, 1.807) is 36.4 Å². The number of methoxy groups -OCH3 is 2. The molecule has 8 heteroatoms. The summed E-state index contributed by atoms with van der Waals surface area (Å²) in [6.07, 6.45) is 0. The third kappa shape index (κ3) is 4.55. The number of anilines is 1. The van der Waals surface area contributed by atoms with Crippen LogP contribution in [-0.2, 0) is 4.79 Å². The lowest BCUT2D eigenvalue weighted by Crippen LogP contribution is -2.33. The number of rotatable bonds is 6. The van der Waals surface area contributed by atoms with Crippen LogP contribution in [0.4, 0.5) is 5.69 Å². The van der Waals surface area contributed by atoms with Crippen LogP contribution in [0.2, 0.25) is 10.0 Å². The minimum absolute atomic E-state index is 0.205. The lowest BCUT2D eigenvalue weighted by molar-refractivity contribution is -0.115. The van der Waals surface area contributed by atoms with E-state index in [-0.39, 0.29) is 12.1 Å². The monoisotopic (exact) mass is 382 g/mol. The lowest BCUT2D eigenvalue weighted by Gasteiger charge is -2.13. The maximum Gasteiger partial charge on any atom is 0.259 e. The quantitative estimate of drug-likeness (QED) is 0.802. The first-order valence-corrected chi connectivity index (χ1v) is 7.96. The van der Waals surface area contributed by atoms with Gasteiger partial charge in [-0.1, -0.05) is 35.3 Å². The molecule has 0 unspecified atom stereocenters. The van der Waals surface area contributed by atoms with Gasteiger partial charge in [0.15, 0.2) is 0 Å². The van der Waals surface area contributed by atoms with E-state index >= 15 is 0 Å². The van der Waals surface area contributed by atoms with Gasteiger partial charge < -0.3 is 20.1 Å². The van der Waals surface area contributed by atoms with Crippen LogP contribution in [0, 0.1) is 0 Å². The maximum atomic E-state index is 12.4. The van der Waals surface area contributed by atoms with Crippen LogP contribution in [0.15, 0.2) is 36.4 Å². The van der Waals surface area contributed by atoms with E-state index in [1.807, 2.05) is 0 Å². The molecule has 0 heterocycles. The zero-order valence-electron chi connectivity index (χ0n) is 13.6. The van der Waals surface area contributed by atoms with E-state index in [2.05, 4.69) is 10.6 Å². The van der Waals surface area contributed by atoms with Gasteiger partial charge in [0, 0.05) is 0 Å². The number of halogens is 2. The molecular formula is C17H16Cl2N2O4. The zero-order valence-corrected chi connectivity index (χ0v) is 15.1. The second-order valence-corrected chi connectivity index (χ2v) is 5.68. The number of carbonyl (C=O) groups is 2. The molecule has 0 saturated heterocycles. The predicted molar refractivity (Wildman–Crippen MR) is 97.0 cm³/mol. The molecule has 2 aromatic carbocycles. The third-order valence-corrected chi connectivity index (χ3v) is 3.92. The number of benzene rings is 2. The van der Waals surface area contributed by atoms with Gasteiger partial charge in [-0.2, -0.15) is 0 Å². The highest BCUT2D eigenvalue weighted by atomic mass is 35.5. The molecule has 0 radical (unpaired) electrons. The fourth-order valence-corrected chi connectivity index (χ4v) is 2.62. The number of amides is 2. The van der Waals surface area contributed by atoms with Gasteiger partial charge in [0.05, 0.1) is 36.5 Å². The molecule has 0 saturated carbocycles. The normalized spacial score (nSPS) is 10.1. The number of hydrogen-bond donors (Lipinski definition) is 2. The molecule has 25 heavy (non-hydrogen) atoms. The largest absolute Gasteiger partial charge is 0.496 e. The van der Waals surface area contributed by atoms with E-state index in [0.29, 0.717) is 27.2 Å². The molecule has 0 fully saturated rings. The van der Waals surface area contributed by atoms with Crippen molar-refractivity contribution >= 4 is 40.7 Å². The topological polar surface area (TPSA) is 76.7 Å². The van der Waals surface area contributed by atoms with Crippen molar-refractivity contribution in [2.24, 2.45) is 0 Å². The minimum atomic E-state index is -0.505. The number of ether oxygens (including phenoxy) is 2. The van der Waals surface area contributed by atoms with Crippen molar-refractivity contribution in [3.05, 3.63) is 52.0 Å². The van der Waals surface area contributed by atoms with E-state index in [0.717, 1.165) is 0 Å². The van der Waals surface area contributed by atoms with Crippen molar-refractivity contribution in [2.45, 2.75) is 0 Å². The van der Waals surface area contributed by atoms with E-state index < -0.39 is 11.8 Å². The highest BCUT2D eigenvalue weighted by Crippen LogP contribution is 2.30. The summed E-state index contributed by atoms with van der Waals surface area (Å²) in [7, 11) is 2.88. The molecule has 132 valence electrons. The molecule has 0 atom stereocenters. The van der Waals surface area contributed by atoms with Crippen molar-refractivity contribution in [1.29, 1.82) is 0 Å². The fraction of sp³-hybridized carbons (Fsp3) is 0.176. The summed E-state index contributed by atoms with van der Waals surface area (Å²) in [5, 5.41) is 5.68. The van der Waals surface area contributed by atoms with Crippen LogP contribution >= 0.6 is 23.2 Å². The molecule has 2 N–H and O–H groups in total. The molecule has 0 aromatic heterocycles. The summed E-state index contributed by atoms with van der Waals surface area (Å²) in [5.41, 5.74) is 0.496. The molecule has 2 aromatic rings. The van der Waals surface area contributed by atoms with Crippen LogP contribution in [-0.4, -0.2) is 32.6 Å². The average Bonchev–Trinajstić information content (AvgIpc) is 2.62. The van der Waals surface area contributed by atoms with Crippen molar-refractivity contribution in [3.8, 4) is 11.5 Å². The lowest BCUT2D eigenvalue weighted by atomic mass is 10.1. The number of carbonyl (C=O) groups excluding carboxylic acids is 2. The van der Waals surface area contributed by atoms with Gasteiger partial charge in [-0.25, -0.2) is 0 Å². The Balaban J connectivity index is 2.07. The summed E-state index contributed by atoms with van der Waals surface area (Å²) in [6.45, 7) is -0.276. The highest BCUT2D eigenvalue weighted by Gasteiger charge is 2.19. The van der Waals surface area contributed by atoms with Gasteiger partial charge in [-0.3, -0.25) is 9.59 Å². The summed E-state index contributed by atoms with van der Waals surface area (Å²) >= 11 is 12.0. The molecule has 6 nitrogen and oxygen atoms in total. The zero-order chi connectivity index (χ0) is 18.4. The van der Waals surface area contributed by atoms with Crippen LogP contribution in [0.1, 0.15) is 10.4 Å². The fourth-order valence-electron chi connectivity index (χ4n) is 2.12. The van der Waals surface area contributed by atoms with Gasteiger partial charge in [-0.05, 0) is 24.3 Å². The third-order valence-electron chi connectivity index (χ3n) is 3.29. The first-order chi connectivity index (χ1) is 12.0. The van der Waals surface area contributed by atoms with E-state index in [4.69, 9.17) is 32.7 Å². The van der Waals surface area contributed by atoms with Crippen LogP contribution < -0.4 is 20.1 Å². The van der Waals surface area contributed by atoms with Crippen molar-refractivity contribution in [3.63, 3.8) is 0 Å². The summed E-state index contributed by atoms with van der Waals surface area (Å²) in [5.74, 6) is -0.301. The molecule has 0 aliphatic rings. The Morgan fingerprint density at radius 2 is 1.48 bits per heavy atom. The number of hydrogen-bond acceptors (Lipinski definition) is 4. The van der Waals surface area contributed by atoms with Crippen LogP contribution in [0.25, 0.3) is 0 Å². The summed E-state index contributed by atoms with van der Waals surface area (Å²) in [6, 6.07) is 9.81. The predicted octanol–water partition coefficient (Wildman–Crippen LogP) is 3.38. The van der Waals surface area contributed by atoms with Crippen molar-refractivity contribution in [2.75, 3.05) is 26.1 Å². The highest BCUT2D eigenvalue weighted by molar-refractivity contribution is 6.39. The first-order valence-electron chi connectivity index (χ1n) is 7.21. The molecule has 0 aliphatic carbocycles. The van der Waals surface area contributed by atoms with Crippen LogP contribution in [0.5, 0.6) is 11.5 Å². The average molecular weight is 383 g/mol. The number of para-hydroxylation sites is 1. The number of nitrogens with one attached hydrogen (secondary N) is 2. The Hall–Kier alpha value is -2.44. The van der Waals surface area contributed by atoms with Gasteiger partial charge in [0.25, 0.3) is 5.91 Å². The van der Waals surface area contributed by atoms with E-state index in [9.17, 15) is 9.59 Å². The molecular weight excluding hydrogens is 367 g/mol. The summed E-state index contributed by atoms with van der Waals surface area (Å²) < 4.78 is 10.3. The standard InChI is InChI=1S/C17H16Cl2N2O4/c1-24-12-7-4-8-13(25-2)15(12)17(23)20-9-14(22)21-16-10(18)5-3-6-11(16)19/h3-8H,9H2,1-2H3,(H,20,23)(H,21,22). The molecule has 0 aliphatic heterocycles. The van der Waals surface area contributed by atoms with Gasteiger partial charge in [0.2, 0.25) is 5.91 Å². The molecule has 2 amide bonds. The second-order valence-electron chi connectivity index (χ2n) is 4.87. The first kappa shape index (κ1) is 18.9. The second kappa shape index (κ2) is 8.60. The summed E-state index contributed by atoms with van der Waals surface area (Å²) in [4.78, 5) is 24.4. The van der Waals surface area contributed by atoms with Crippen molar-refractivity contribution < 1.29 is 19.1 Å². The molecule has 2 rings (SSSR count). The van der Waals surface area contributed by atoms with Gasteiger partial charge in [0.1, 0.15) is 17.1 Å². The van der Waals surface area contributed by atoms with E-state index in [1.165, 1.54) is 14.2 Å². The Labute approximate surface area is 155 Å². The Bertz CT molecular complexity index is 754. The van der Waals surface area contributed by atoms with Crippen molar-refractivity contribution in [1.82, 2.24) is 5.32 Å². The smallest absolute Gasteiger partial charge is 0.259 e. The molecule has 0 spiro atoms.